The molecule has 1 unspecified atom stereocenters. The van der Waals surface area contributed by atoms with E-state index in [0.29, 0.717) is 22.3 Å². The summed E-state index contributed by atoms with van der Waals surface area (Å²) >= 11 is 0. The monoisotopic (exact) mass is 998 g/mol. The van der Waals surface area contributed by atoms with Crippen molar-refractivity contribution < 1.29 is 103 Å². The summed E-state index contributed by atoms with van der Waals surface area (Å²) in [5.41, 5.74) is -1.80. The Bertz CT molecular complexity index is 2700. The van der Waals surface area contributed by atoms with Crippen LogP contribution in [0.4, 0.5) is 0 Å². The average molecular weight is 999 g/mol. The molecule has 0 aromatic heterocycles. The van der Waals surface area contributed by atoms with Crippen LogP contribution in [0.5, 0.6) is 28.7 Å². The van der Waals surface area contributed by atoms with Crippen molar-refractivity contribution in [2.75, 3.05) is 20.3 Å². The molecule has 0 saturated carbocycles. The summed E-state index contributed by atoms with van der Waals surface area (Å²) in [6, 6.07) is 20.8. The number of esters is 3. The molecule has 2 saturated heterocycles. The van der Waals surface area contributed by atoms with Crippen LogP contribution in [-0.4, -0.2) is 156 Å². The Hall–Kier alpha value is -7.73. The first-order valence-corrected chi connectivity index (χ1v) is 21.7. The number of ketones is 2. The summed E-state index contributed by atoms with van der Waals surface area (Å²) in [7, 11) is 1.28. The standard InChI is InChI=1S/C51H50O21/c1-28(52)51(65)47(64)45(63)46(43(61)37(57)21-10-32-9-20-36(56)38(25-32)66-2)70-49(51)72-50(27-68-41(59)23-12-30-5-16-34(54)17-6-30)48(69-42(60)24-13-31-7-18-35(55)19-8-31)44(62)39(71-50)26-67-40(58)22-11-29-3-14-33(53)15-4-29/h3-25,39,43-49,53-56,61-65H,26-27H2,1-2H3/b21-10+,22-11+,23-12+,24-13+/t39-,43?,44-,45-,46-,47+,48+,49-,50+,51-/m1/s1. The van der Waals surface area contributed by atoms with Crippen LogP contribution in [0.2, 0.25) is 0 Å². The lowest BCUT2D eigenvalue weighted by Gasteiger charge is -2.49. The second kappa shape index (κ2) is 23.5. The Morgan fingerprint density at radius 3 is 1.67 bits per heavy atom. The van der Waals surface area contributed by atoms with Gasteiger partial charge in [0.05, 0.1) is 7.11 Å². The average Bonchev–Trinajstić information content (AvgIpc) is 3.62. The normalized spacial score (nSPS) is 25.7. The van der Waals surface area contributed by atoms with E-state index in [1.807, 2.05) is 0 Å². The molecule has 0 amide bonds. The largest absolute Gasteiger partial charge is 0.508 e. The highest BCUT2D eigenvalue weighted by Crippen LogP contribution is 2.42. The van der Waals surface area contributed by atoms with E-state index in [1.165, 1.54) is 122 Å². The van der Waals surface area contributed by atoms with E-state index >= 15 is 0 Å². The summed E-state index contributed by atoms with van der Waals surface area (Å²) in [6.45, 7) is -1.36. The van der Waals surface area contributed by atoms with Crippen molar-refractivity contribution in [1.82, 2.24) is 0 Å². The zero-order valence-corrected chi connectivity index (χ0v) is 38.2. The molecule has 2 aliphatic heterocycles. The molecule has 0 bridgehead atoms. The molecule has 21 nitrogen and oxygen atoms in total. The smallest absolute Gasteiger partial charge is 0.331 e. The minimum Gasteiger partial charge on any atom is -0.508 e. The lowest BCUT2D eigenvalue weighted by molar-refractivity contribution is -0.400. The van der Waals surface area contributed by atoms with Crippen LogP contribution in [0.25, 0.3) is 24.3 Å². The fourth-order valence-electron chi connectivity index (χ4n) is 7.31. The van der Waals surface area contributed by atoms with Crippen LogP contribution < -0.4 is 4.74 Å². The molecule has 4 aromatic carbocycles. The third-order valence-corrected chi connectivity index (χ3v) is 11.3. The minimum absolute atomic E-state index is 0.0371. The van der Waals surface area contributed by atoms with E-state index < -0.39 is 103 Å². The molecular formula is C51H50O21. The predicted octanol–water partition coefficient (Wildman–Crippen LogP) is 1.84. The first-order chi connectivity index (χ1) is 34.2. The third kappa shape index (κ3) is 13.0. The Morgan fingerprint density at radius 2 is 1.15 bits per heavy atom. The number of methoxy groups -OCH3 is 1. The molecule has 0 aliphatic carbocycles. The van der Waals surface area contributed by atoms with Gasteiger partial charge in [0, 0.05) is 18.2 Å². The number of phenols is 4. The number of carbonyl (C=O) groups excluding carboxylic acids is 5. The summed E-state index contributed by atoms with van der Waals surface area (Å²) in [6.07, 6.45) is -9.87. The highest BCUT2D eigenvalue weighted by Gasteiger charge is 2.66. The van der Waals surface area contributed by atoms with Crippen molar-refractivity contribution in [2.45, 2.75) is 67.3 Å². The van der Waals surface area contributed by atoms with Crippen molar-refractivity contribution in [3.63, 3.8) is 0 Å². The molecule has 9 N–H and O–H groups in total. The molecule has 2 heterocycles. The molecule has 21 heteroatoms. The van der Waals surface area contributed by atoms with E-state index in [0.717, 1.165) is 31.2 Å². The van der Waals surface area contributed by atoms with Gasteiger partial charge >= 0.3 is 17.9 Å². The van der Waals surface area contributed by atoms with Gasteiger partial charge in [0.2, 0.25) is 11.4 Å². The highest BCUT2D eigenvalue weighted by atomic mass is 16.8. The fourth-order valence-corrected chi connectivity index (χ4v) is 7.31. The van der Waals surface area contributed by atoms with Gasteiger partial charge in [-0.15, -0.1) is 0 Å². The number of carbonyl (C=O) groups is 5. The predicted molar refractivity (Wildman–Crippen MR) is 249 cm³/mol. The van der Waals surface area contributed by atoms with Gasteiger partial charge < -0.3 is 79.1 Å². The van der Waals surface area contributed by atoms with Crippen molar-refractivity contribution in [3.8, 4) is 28.7 Å². The molecule has 380 valence electrons. The van der Waals surface area contributed by atoms with Crippen LogP contribution in [0.15, 0.2) is 115 Å². The van der Waals surface area contributed by atoms with Gasteiger partial charge in [-0.3, -0.25) is 9.59 Å². The topological polar surface area (TPSA) is 332 Å². The SMILES string of the molecule is COc1cc(/C=C/C(=O)C(O)[C@H]2O[C@H](O[C@]3(COC(=O)/C=C/c4ccc(O)cc4)O[C@H](COC(=O)/C=C/c4ccc(O)cc4)[C@@H](O)[C@@H]3OC(=O)/C=C/c3ccc(O)cc3)[C@@](O)(C(C)=O)[C@@H](O)[C@@H]2O)ccc1O. The molecule has 0 radical (unpaired) electrons. The van der Waals surface area contributed by atoms with Gasteiger partial charge in [-0.05, 0) is 102 Å². The number of hydrogen-bond acceptors (Lipinski definition) is 21. The number of aliphatic hydroxyl groups excluding tert-OH is 4. The Kier molecular flexibility index (Phi) is 17.5. The first-order valence-electron chi connectivity index (χ1n) is 21.7. The maximum absolute atomic E-state index is 13.6. The van der Waals surface area contributed by atoms with Gasteiger partial charge in [-0.2, -0.15) is 0 Å². The second-order valence-electron chi connectivity index (χ2n) is 16.3. The minimum atomic E-state index is -3.35. The lowest BCUT2D eigenvalue weighted by Crippen LogP contribution is -2.73. The first kappa shape index (κ1) is 53.6. The molecule has 2 aliphatic rings. The number of phenolic OH excluding ortho intramolecular Hbond substituents is 4. The van der Waals surface area contributed by atoms with Crippen molar-refractivity contribution in [3.05, 3.63) is 138 Å². The van der Waals surface area contributed by atoms with Gasteiger partial charge in [0.25, 0.3) is 0 Å². The van der Waals surface area contributed by atoms with Gasteiger partial charge in [-0.1, -0.05) is 48.5 Å². The Labute approximate surface area is 409 Å². The van der Waals surface area contributed by atoms with E-state index in [1.54, 1.807) is 0 Å². The van der Waals surface area contributed by atoms with Crippen molar-refractivity contribution in [1.29, 1.82) is 0 Å². The van der Waals surface area contributed by atoms with Crippen LogP contribution in [0.3, 0.4) is 0 Å². The zero-order valence-electron chi connectivity index (χ0n) is 38.2. The number of aliphatic hydroxyl groups is 5. The van der Waals surface area contributed by atoms with Gasteiger partial charge in [-0.25, -0.2) is 14.4 Å². The van der Waals surface area contributed by atoms with Crippen LogP contribution in [0.1, 0.15) is 29.2 Å². The molecule has 72 heavy (non-hydrogen) atoms. The van der Waals surface area contributed by atoms with Crippen LogP contribution in [0, 0.1) is 0 Å². The Balaban J connectivity index is 1.37. The van der Waals surface area contributed by atoms with Gasteiger partial charge in [0.15, 0.2) is 35.5 Å². The second-order valence-corrected chi connectivity index (χ2v) is 16.3. The summed E-state index contributed by atoms with van der Waals surface area (Å²) in [5, 5.41) is 96.8. The summed E-state index contributed by atoms with van der Waals surface area (Å²) < 4.78 is 39.6. The Morgan fingerprint density at radius 1 is 0.667 bits per heavy atom. The number of ether oxygens (including phenoxy) is 7. The number of Topliss-reactive ketones (excluding diaryl/α,β-unsaturated/α-hetero) is 1. The van der Waals surface area contributed by atoms with Crippen LogP contribution in [-0.2, 0) is 52.4 Å². The quantitative estimate of drug-likeness (QED) is 0.0368. The van der Waals surface area contributed by atoms with E-state index in [-0.39, 0.29) is 28.7 Å². The summed E-state index contributed by atoms with van der Waals surface area (Å²) in [5.74, 6) is -9.27. The van der Waals surface area contributed by atoms with E-state index in [2.05, 4.69) is 0 Å². The number of aromatic hydroxyl groups is 4. The fraction of sp³-hybridized carbons (Fsp3) is 0.275. The van der Waals surface area contributed by atoms with E-state index in [4.69, 9.17) is 33.2 Å². The maximum Gasteiger partial charge on any atom is 0.331 e. The van der Waals surface area contributed by atoms with E-state index in [9.17, 15) is 69.9 Å². The lowest BCUT2D eigenvalue weighted by atomic mass is 9.81. The third-order valence-electron chi connectivity index (χ3n) is 11.3. The van der Waals surface area contributed by atoms with Crippen LogP contribution >= 0.6 is 0 Å². The molecule has 10 atom stereocenters. The van der Waals surface area contributed by atoms with Crippen molar-refractivity contribution >= 4 is 53.8 Å². The maximum atomic E-state index is 13.6. The molecule has 2 fully saturated rings. The number of benzene rings is 4. The molecule has 4 aromatic rings. The van der Waals surface area contributed by atoms with Crippen molar-refractivity contribution in [2.24, 2.45) is 0 Å². The molecule has 0 spiro atoms. The van der Waals surface area contributed by atoms with Gasteiger partial charge in [0.1, 0.15) is 67.1 Å². The number of hydrogen-bond donors (Lipinski definition) is 9. The summed E-state index contributed by atoms with van der Waals surface area (Å²) in [4.78, 5) is 66.8. The highest BCUT2D eigenvalue weighted by molar-refractivity contribution is 5.97. The molecule has 6 rings (SSSR count). The number of rotatable bonds is 19. The zero-order chi connectivity index (χ0) is 52.3. The molecular weight excluding hydrogens is 949 g/mol.